The Morgan fingerprint density at radius 3 is 2.47 bits per heavy atom. The highest BCUT2D eigenvalue weighted by Gasteiger charge is 2.26. The van der Waals surface area contributed by atoms with Crippen molar-refractivity contribution in [3.8, 4) is 5.75 Å². The van der Waals surface area contributed by atoms with Crippen LogP contribution in [0.25, 0.3) is 0 Å². The van der Waals surface area contributed by atoms with Crippen molar-refractivity contribution in [3.63, 3.8) is 0 Å². The first-order valence-corrected chi connectivity index (χ1v) is 3.93. The van der Waals surface area contributed by atoms with Gasteiger partial charge in [-0.05, 0) is 6.92 Å². The molecule has 0 aliphatic heterocycles. The number of halogens is 3. The molecule has 0 spiro atoms. The van der Waals surface area contributed by atoms with Crippen LogP contribution in [0.5, 0.6) is 5.75 Å². The predicted octanol–water partition coefficient (Wildman–Crippen LogP) is 2.41. The normalized spacial score (nSPS) is 10.1. The Morgan fingerprint density at radius 2 is 2.00 bits per heavy atom. The fourth-order valence-corrected chi connectivity index (χ4v) is 0.975. The quantitative estimate of drug-likeness (QED) is 0.447. The molecule has 7 heteroatoms. The zero-order valence-corrected chi connectivity index (χ0v) is 7.59. The van der Waals surface area contributed by atoms with Gasteiger partial charge in [-0.25, -0.2) is 4.39 Å². The summed E-state index contributed by atoms with van der Waals surface area (Å²) in [6, 6.07) is 0.281. The molecule has 0 bridgehead atoms. The molecule has 0 atom stereocenters. The van der Waals surface area contributed by atoms with E-state index in [2.05, 4.69) is 4.74 Å². The van der Waals surface area contributed by atoms with E-state index >= 15 is 0 Å². The maximum Gasteiger partial charge on any atom is 0.311 e. The molecule has 0 heterocycles. The van der Waals surface area contributed by atoms with Crippen molar-refractivity contribution < 1.29 is 22.8 Å². The molecule has 82 valence electrons. The molecule has 0 aliphatic carbocycles. The lowest BCUT2D eigenvalue weighted by Crippen LogP contribution is -2.03. The van der Waals surface area contributed by atoms with Crippen LogP contribution < -0.4 is 4.74 Å². The standard InChI is InChI=1S/C8H6F3NO3/c1-2-15-8-4(9)3-5(12(13)14)6(10)7(8)11/h3H,2H2,1H3. The molecule has 4 nitrogen and oxygen atoms in total. The summed E-state index contributed by atoms with van der Waals surface area (Å²) in [5, 5.41) is 10.2. The summed E-state index contributed by atoms with van der Waals surface area (Å²) >= 11 is 0. The predicted molar refractivity (Wildman–Crippen MR) is 44.1 cm³/mol. The van der Waals surface area contributed by atoms with Crippen LogP contribution in [0.2, 0.25) is 0 Å². The Balaban J connectivity index is 3.37. The Hall–Kier alpha value is -1.79. The van der Waals surface area contributed by atoms with E-state index in [-0.39, 0.29) is 12.7 Å². The SMILES string of the molecule is CCOc1c(F)cc([N+](=O)[O-])c(F)c1F. The van der Waals surface area contributed by atoms with Gasteiger partial charge in [0.1, 0.15) is 0 Å². The lowest BCUT2D eigenvalue weighted by molar-refractivity contribution is -0.388. The average Bonchev–Trinajstić information content (AvgIpc) is 2.18. The van der Waals surface area contributed by atoms with Crippen molar-refractivity contribution in [1.82, 2.24) is 0 Å². The summed E-state index contributed by atoms with van der Waals surface area (Å²) in [5.74, 6) is -5.67. The second kappa shape index (κ2) is 4.16. The molecule has 0 radical (unpaired) electrons. The summed E-state index contributed by atoms with van der Waals surface area (Å²) < 4.78 is 43.5. The number of benzene rings is 1. The maximum absolute atomic E-state index is 13.0. The summed E-state index contributed by atoms with van der Waals surface area (Å²) in [5.41, 5.74) is -1.26. The molecule has 1 aromatic carbocycles. The van der Waals surface area contributed by atoms with Crippen LogP contribution in [0.4, 0.5) is 18.9 Å². The Kier molecular flexibility index (Phi) is 3.13. The van der Waals surface area contributed by atoms with Gasteiger partial charge in [-0.2, -0.15) is 8.78 Å². The molecule has 0 unspecified atom stereocenters. The molecule has 0 amide bonds. The van der Waals surface area contributed by atoms with Gasteiger partial charge in [0.15, 0.2) is 11.6 Å². The second-order valence-electron chi connectivity index (χ2n) is 2.52. The van der Waals surface area contributed by atoms with E-state index in [1.165, 1.54) is 6.92 Å². The number of ether oxygens (including phenoxy) is 1. The van der Waals surface area contributed by atoms with Crippen molar-refractivity contribution in [1.29, 1.82) is 0 Å². The summed E-state index contributed by atoms with van der Waals surface area (Å²) in [7, 11) is 0. The van der Waals surface area contributed by atoms with Crippen molar-refractivity contribution in [3.05, 3.63) is 33.6 Å². The monoisotopic (exact) mass is 221 g/mol. The molecule has 0 aliphatic rings. The fourth-order valence-electron chi connectivity index (χ4n) is 0.975. The van der Waals surface area contributed by atoms with E-state index in [1.807, 2.05) is 0 Å². The molecule has 0 saturated heterocycles. The first-order valence-electron chi connectivity index (χ1n) is 3.93. The van der Waals surface area contributed by atoms with Gasteiger partial charge < -0.3 is 4.74 Å². The Morgan fingerprint density at radius 1 is 1.40 bits per heavy atom. The molecular formula is C8H6F3NO3. The van der Waals surface area contributed by atoms with Crippen LogP contribution in [0.1, 0.15) is 6.92 Å². The van der Waals surface area contributed by atoms with E-state index in [9.17, 15) is 23.3 Å². The van der Waals surface area contributed by atoms with E-state index in [4.69, 9.17) is 0 Å². The van der Waals surface area contributed by atoms with Crippen molar-refractivity contribution in [2.45, 2.75) is 6.92 Å². The first kappa shape index (κ1) is 11.3. The molecule has 1 rings (SSSR count). The zero-order chi connectivity index (χ0) is 11.6. The fraction of sp³-hybridized carbons (Fsp3) is 0.250. The van der Waals surface area contributed by atoms with Crippen LogP contribution in [-0.4, -0.2) is 11.5 Å². The smallest absolute Gasteiger partial charge is 0.311 e. The van der Waals surface area contributed by atoms with E-state index in [0.717, 1.165) is 0 Å². The molecule has 1 aromatic rings. The van der Waals surface area contributed by atoms with Gasteiger partial charge in [0.25, 0.3) is 0 Å². The van der Waals surface area contributed by atoms with Gasteiger partial charge in [0, 0.05) is 0 Å². The lowest BCUT2D eigenvalue weighted by atomic mass is 10.2. The van der Waals surface area contributed by atoms with Crippen molar-refractivity contribution in [2.24, 2.45) is 0 Å². The van der Waals surface area contributed by atoms with Crippen LogP contribution in [0, 0.1) is 27.6 Å². The minimum absolute atomic E-state index is 0.0783. The summed E-state index contributed by atoms with van der Waals surface area (Å²) in [4.78, 5) is 8.98. The number of hydrogen-bond acceptors (Lipinski definition) is 3. The maximum atomic E-state index is 13.0. The third-order valence-electron chi connectivity index (χ3n) is 1.58. The molecule has 0 aromatic heterocycles. The Bertz CT molecular complexity index is 409. The van der Waals surface area contributed by atoms with E-state index in [1.54, 1.807) is 0 Å². The highest BCUT2D eigenvalue weighted by molar-refractivity contribution is 5.40. The summed E-state index contributed by atoms with van der Waals surface area (Å²) in [6.45, 7) is 1.36. The van der Waals surface area contributed by atoms with Gasteiger partial charge in [-0.3, -0.25) is 10.1 Å². The average molecular weight is 221 g/mol. The number of nitro groups is 1. The van der Waals surface area contributed by atoms with Gasteiger partial charge in [0.05, 0.1) is 17.6 Å². The molecule has 0 saturated carbocycles. The number of nitrogens with zero attached hydrogens (tertiary/aromatic N) is 1. The van der Waals surface area contributed by atoms with Crippen LogP contribution in [0.3, 0.4) is 0 Å². The molecule has 0 N–H and O–H groups in total. The summed E-state index contributed by atoms with van der Waals surface area (Å²) in [6.07, 6.45) is 0. The van der Waals surface area contributed by atoms with Crippen LogP contribution >= 0.6 is 0 Å². The van der Waals surface area contributed by atoms with Gasteiger partial charge >= 0.3 is 5.69 Å². The van der Waals surface area contributed by atoms with Gasteiger partial charge in [-0.15, -0.1) is 0 Å². The number of rotatable bonds is 3. The second-order valence-corrected chi connectivity index (χ2v) is 2.52. The molecule has 0 fully saturated rings. The third kappa shape index (κ3) is 2.00. The third-order valence-corrected chi connectivity index (χ3v) is 1.58. The minimum atomic E-state index is -1.73. The number of hydrogen-bond donors (Lipinski definition) is 0. The van der Waals surface area contributed by atoms with Crippen LogP contribution in [0.15, 0.2) is 6.07 Å². The zero-order valence-electron chi connectivity index (χ0n) is 7.59. The number of nitro benzene ring substituents is 1. The van der Waals surface area contributed by atoms with Crippen LogP contribution in [-0.2, 0) is 0 Å². The Labute approximate surface area is 82.4 Å². The van der Waals surface area contributed by atoms with Crippen molar-refractivity contribution in [2.75, 3.05) is 6.61 Å². The van der Waals surface area contributed by atoms with E-state index < -0.39 is 33.8 Å². The first-order chi connectivity index (χ1) is 6.99. The largest absolute Gasteiger partial charge is 0.488 e. The van der Waals surface area contributed by atoms with Gasteiger partial charge in [-0.1, -0.05) is 0 Å². The lowest BCUT2D eigenvalue weighted by Gasteiger charge is -2.06. The highest BCUT2D eigenvalue weighted by Crippen LogP contribution is 2.30. The minimum Gasteiger partial charge on any atom is -0.488 e. The van der Waals surface area contributed by atoms with Gasteiger partial charge in [0.2, 0.25) is 11.6 Å². The highest BCUT2D eigenvalue weighted by atomic mass is 19.2. The molecule has 15 heavy (non-hydrogen) atoms. The van der Waals surface area contributed by atoms with Crippen molar-refractivity contribution >= 4 is 5.69 Å². The molecular weight excluding hydrogens is 215 g/mol. The van der Waals surface area contributed by atoms with E-state index in [0.29, 0.717) is 0 Å². The topological polar surface area (TPSA) is 52.4 Å².